The zero-order valence-electron chi connectivity index (χ0n) is 14.7. The van der Waals surface area contributed by atoms with E-state index in [1.165, 1.54) is 23.2 Å². The smallest absolute Gasteiger partial charge is 0.243 e. The number of nitrogens with one attached hydrogen (secondary N) is 1. The molecule has 0 atom stereocenters. The molecule has 2 aromatic rings. The number of aromatic nitrogens is 1. The van der Waals surface area contributed by atoms with Crippen molar-refractivity contribution < 1.29 is 13.2 Å². The van der Waals surface area contributed by atoms with Crippen LogP contribution in [0.3, 0.4) is 0 Å². The van der Waals surface area contributed by atoms with Crippen molar-refractivity contribution in [1.82, 2.24) is 4.98 Å². The van der Waals surface area contributed by atoms with Gasteiger partial charge >= 0.3 is 0 Å². The van der Waals surface area contributed by atoms with Gasteiger partial charge in [0, 0.05) is 18.9 Å². The SMILES string of the molecule is Cc1cc(C)c(NC(=O)CN(C)c2ncccc2S(N)(=O)=O)c(C)c1. The molecule has 0 unspecified atom stereocenters. The minimum absolute atomic E-state index is 0.0632. The number of amides is 1. The maximum absolute atomic E-state index is 12.4. The van der Waals surface area contributed by atoms with Crippen LogP contribution in [0.15, 0.2) is 35.4 Å². The van der Waals surface area contributed by atoms with Crippen LogP contribution in [0.2, 0.25) is 0 Å². The topological polar surface area (TPSA) is 105 Å². The number of sulfonamides is 1. The molecule has 7 nitrogen and oxygen atoms in total. The van der Waals surface area contributed by atoms with Crippen LogP contribution in [-0.4, -0.2) is 32.9 Å². The number of aryl methyl sites for hydroxylation is 3. The lowest BCUT2D eigenvalue weighted by Gasteiger charge is -2.20. The summed E-state index contributed by atoms with van der Waals surface area (Å²) in [5.41, 5.74) is 3.82. The molecule has 25 heavy (non-hydrogen) atoms. The van der Waals surface area contributed by atoms with Gasteiger partial charge in [-0.25, -0.2) is 18.5 Å². The summed E-state index contributed by atoms with van der Waals surface area (Å²) < 4.78 is 23.3. The summed E-state index contributed by atoms with van der Waals surface area (Å²) in [6.45, 7) is 5.79. The number of nitrogens with two attached hydrogens (primary N) is 1. The molecule has 0 radical (unpaired) electrons. The molecule has 134 valence electrons. The van der Waals surface area contributed by atoms with E-state index in [4.69, 9.17) is 5.14 Å². The molecule has 0 spiro atoms. The van der Waals surface area contributed by atoms with Gasteiger partial charge in [0.05, 0.1) is 6.54 Å². The van der Waals surface area contributed by atoms with Crippen molar-refractivity contribution in [2.45, 2.75) is 25.7 Å². The molecule has 0 aliphatic carbocycles. The number of carbonyl (C=O) groups is 1. The van der Waals surface area contributed by atoms with Crippen molar-refractivity contribution in [3.8, 4) is 0 Å². The van der Waals surface area contributed by atoms with Crippen LogP contribution >= 0.6 is 0 Å². The zero-order valence-corrected chi connectivity index (χ0v) is 15.5. The predicted molar refractivity (Wildman–Crippen MR) is 98.2 cm³/mol. The number of likely N-dealkylation sites (N-methyl/N-ethyl adjacent to an activating group) is 1. The van der Waals surface area contributed by atoms with Gasteiger partial charge in [-0.05, 0) is 44.0 Å². The molecule has 0 fully saturated rings. The van der Waals surface area contributed by atoms with Crippen molar-refractivity contribution in [3.63, 3.8) is 0 Å². The Morgan fingerprint density at radius 3 is 2.40 bits per heavy atom. The average molecular weight is 362 g/mol. The summed E-state index contributed by atoms with van der Waals surface area (Å²) in [7, 11) is -2.34. The lowest BCUT2D eigenvalue weighted by Crippen LogP contribution is -2.32. The highest BCUT2D eigenvalue weighted by Crippen LogP contribution is 2.23. The molecule has 0 aliphatic heterocycles. The number of carbonyl (C=O) groups excluding carboxylic acids is 1. The number of hydrogen-bond donors (Lipinski definition) is 2. The monoisotopic (exact) mass is 362 g/mol. The van der Waals surface area contributed by atoms with E-state index >= 15 is 0 Å². The van der Waals surface area contributed by atoms with Gasteiger partial charge in [0.15, 0.2) is 0 Å². The maximum atomic E-state index is 12.4. The van der Waals surface area contributed by atoms with E-state index in [1.54, 1.807) is 7.05 Å². The molecule has 2 rings (SSSR count). The molecule has 1 heterocycles. The first kappa shape index (κ1) is 18.9. The molecule has 3 N–H and O–H groups in total. The van der Waals surface area contributed by atoms with E-state index in [2.05, 4.69) is 10.3 Å². The Morgan fingerprint density at radius 2 is 1.84 bits per heavy atom. The van der Waals surface area contributed by atoms with E-state index in [1.807, 2.05) is 32.9 Å². The Hall–Kier alpha value is -2.45. The normalized spacial score (nSPS) is 11.2. The molecule has 1 aromatic heterocycles. The van der Waals surface area contributed by atoms with Crippen LogP contribution in [0.25, 0.3) is 0 Å². The fraction of sp³-hybridized carbons (Fsp3) is 0.294. The molecule has 0 bridgehead atoms. The average Bonchev–Trinajstić information content (AvgIpc) is 2.50. The third kappa shape index (κ3) is 4.55. The van der Waals surface area contributed by atoms with Gasteiger partial charge in [-0.1, -0.05) is 17.7 Å². The third-order valence-electron chi connectivity index (χ3n) is 3.74. The highest BCUT2D eigenvalue weighted by molar-refractivity contribution is 7.89. The Balaban J connectivity index is 2.20. The first-order valence-corrected chi connectivity index (χ1v) is 9.21. The van der Waals surface area contributed by atoms with Gasteiger partial charge in [0.1, 0.15) is 10.7 Å². The molecular formula is C17H22N4O3S. The molecular weight excluding hydrogens is 340 g/mol. The number of primary sulfonamides is 1. The van der Waals surface area contributed by atoms with Gasteiger partial charge in [-0.2, -0.15) is 0 Å². The lowest BCUT2D eigenvalue weighted by molar-refractivity contribution is -0.114. The predicted octanol–water partition coefficient (Wildman–Crippen LogP) is 1.73. The fourth-order valence-corrected chi connectivity index (χ4v) is 3.47. The van der Waals surface area contributed by atoms with Gasteiger partial charge in [-0.3, -0.25) is 4.79 Å². The largest absolute Gasteiger partial charge is 0.349 e. The number of anilines is 2. The maximum Gasteiger partial charge on any atom is 0.243 e. The van der Waals surface area contributed by atoms with Crippen LogP contribution < -0.4 is 15.4 Å². The van der Waals surface area contributed by atoms with Gasteiger partial charge in [-0.15, -0.1) is 0 Å². The van der Waals surface area contributed by atoms with E-state index in [0.29, 0.717) is 0 Å². The van der Waals surface area contributed by atoms with Crippen LogP contribution in [0.5, 0.6) is 0 Å². The third-order valence-corrected chi connectivity index (χ3v) is 4.67. The zero-order chi connectivity index (χ0) is 18.8. The summed E-state index contributed by atoms with van der Waals surface area (Å²) in [6, 6.07) is 6.82. The first-order chi connectivity index (χ1) is 11.6. The van der Waals surface area contributed by atoms with E-state index < -0.39 is 10.0 Å². The summed E-state index contributed by atoms with van der Waals surface area (Å²) in [6.07, 6.45) is 1.45. The van der Waals surface area contributed by atoms with Crippen molar-refractivity contribution in [1.29, 1.82) is 0 Å². The second kappa shape index (κ2) is 7.20. The second-order valence-electron chi connectivity index (χ2n) is 6.05. The number of nitrogens with zero attached hydrogens (tertiary/aromatic N) is 2. The molecule has 1 amide bonds. The second-order valence-corrected chi connectivity index (χ2v) is 7.58. The lowest BCUT2D eigenvalue weighted by atomic mass is 10.1. The van der Waals surface area contributed by atoms with Crippen LogP contribution in [0, 0.1) is 20.8 Å². The van der Waals surface area contributed by atoms with Crippen molar-refractivity contribution in [3.05, 3.63) is 47.2 Å². The van der Waals surface area contributed by atoms with Crippen LogP contribution in [0.4, 0.5) is 11.5 Å². The molecule has 1 aromatic carbocycles. The van der Waals surface area contributed by atoms with Crippen molar-refractivity contribution >= 4 is 27.4 Å². The standard InChI is InChI=1S/C17H22N4O3S/c1-11-8-12(2)16(13(3)9-11)20-15(22)10-21(4)17-14(25(18,23)24)6-5-7-19-17/h5-9H,10H2,1-4H3,(H,20,22)(H2,18,23,24). The number of hydrogen-bond acceptors (Lipinski definition) is 5. The Bertz CT molecular complexity index is 887. The van der Waals surface area contributed by atoms with E-state index in [-0.39, 0.29) is 23.2 Å². The molecule has 8 heteroatoms. The van der Waals surface area contributed by atoms with E-state index in [9.17, 15) is 13.2 Å². The summed E-state index contributed by atoms with van der Waals surface area (Å²) >= 11 is 0. The van der Waals surface area contributed by atoms with Crippen LogP contribution in [-0.2, 0) is 14.8 Å². The van der Waals surface area contributed by atoms with E-state index in [0.717, 1.165) is 22.4 Å². The molecule has 0 aliphatic rings. The number of pyridine rings is 1. The Morgan fingerprint density at radius 1 is 1.24 bits per heavy atom. The minimum atomic E-state index is -3.93. The highest BCUT2D eigenvalue weighted by Gasteiger charge is 2.19. The van der Waals surface area contributed by atoms with Gasteiger partial charge < -0.3 is 10.2 Å². The van der Waals surface area contributed by atoms with Crippen LogP contribution in [0.1, 0.15) is 16.7 Å². The first-order valence-electron chi connectivity index (χ1n) is 7.66. The molecule has 0 saturated carbocycles. The summed E-state index contributed by atoms with van der Waals surface area (Å²) in [4.78, 5) is 17.8. The number of rotatable bonds is 5. The summed E-state index contributed by atoms with van der Waals surface area (Å²) in [5.74, 6) is -0.138. The fourth-order valence-electron chi connectivity index (χ4n) is 2.74. The quantitative estimate of drug-likeness (QED) is 0.843. The van der Waals surface area contributed by atoms with Gasteiger partial charge in [0.2, 0.25) is 15.9 Å². The highest BCUT2D eigenvalue weighted by atomic mass is 32.2. The molecule has 0 saturated heterocycles. The number of benzene rings is 1. The Labute approximate surface area is 147 Å². The van der Waals surface area contributed by atoms with Gasteiger partial charge in [0.25, 0.3) is 0 Å². The van der Waals surface area contributed by atoms with Crippen molar-refractivity contribution in [2.24, 2.45) is 5.14 Å². The summed E-state index contributed by atoms with van der Waals surface area (Å²) in [5, 5.41) is 8.08. The Kier molecular flexibility index (Phi) is 5.44. The van der Waals surface area contributed by atoms with Crippen molar-refractivity contribution in [2.75, 3.05) is 23.8 Å². The minimum Gasteiger partial charge on any atom is -0.349 e.